The van der Waals surface area contributed by atoms with E-state index in [4.69, 9.17) is 0 Å². The normalized spacial score (nSPS) is 17.6. The minimum Gasteiger partial charge on any atom is -0.309 e. The van der Waals surface area contributed by atoms with E-state index in [0.29, 0.717) is 10.9 Å². The first-order valence-electron chi connectivity index (χ1n) is 7.17. The van der Waals surface area contributed by atoms with Crippen LogP contribution in [0.1, 0.15) is 42.9 Å². The van der Waals surface area contributed by atoms with Crippen LogP contribution in [-0.2, 0) is 16.6 Å². The maximum Gasteiger partial charge on any atom is 0.244 e. The van der Waals surface area contributed by atoms with Crippen LogP contribution in [0, 0.1) is 6.92 Å². The largest absolute Gasteiger partial charge is 0.309 e. The lowest BCUT2D eigenvalue weighted by Crippen LogP contribution is -2.34. The van der Waals surface area contributed by atoms with Crippen molar-refractivity contribution in [2.45, 2.75) is 63.6 Å². The standard InChI is InChI=1S/C14H24N2O2S2/c1-5-10(2)16(4)20(17,18)14-8-13(19-11(14)3)9-15-12-6-7-12/h8,10,12,15H,5-7,9H2,1-4H3. The molecule has 0 radical (unpaired) electrons. The average Bonchev–Trinajstić information content (AvgIpc) is 3.16. The van der Waals surface area contributed by atoms with Gasteiger partial charge in [0.15, 0.2) is 0 Å². The highest BCUT2D eigenvalue weighted by Gasteiger charge is 2.28. The molecule has 114 valence electrons. The van der Waals surface area contributed by atoms with E-state index in [2.05, 4.69) is 5.32 Å². The molecule has 2 rings (SSSR count). The van der Waals surface area contributed by atoms with Gasteiger partial charge in [0.05, 0.1) is 4.90 Å². The summed E-state index contributed by atoms with van der Waals surface area (Å²) in [6.45, 7) is 6.61. The van der Waals surface area contributed by atoms with Gasteiger partial charge < -0.3 is 5.32 Å². The Bertz CT molecular complexity index is 562. The molecule has 1 aliphatic carbocycles. The molecule has 1 heterocycles. The van der Waals surface area contributed by atoms with Gasteiger partial charge in [-0.25, -0.2) is 8.42 Å². The SMILES string of the molecule is CCC(C)N(C)S(=O)(=O)c1cc(CNC2CC2)sc1C. The minimum absolute atomic E-state index is 0.0207. The van der Waals surface area contributed by atoms with E-state index < -0.39 is 10.0 Å². The molecular formula is C14H24N2O2S2. The van der Waals surface area contributed by atoms with E-state index in [1.54, 1.807) is 18.4 Å². The molecular weight excluding hydrogens is 292 g/mol. The molecule has 1 aromatic rings. The third kappa shape index (κ3) is 3.42. The highest BCUT2D eigenvalue weighted by molar-refractivity contribution is 7.89. The molecule has 1 N–H and O–H groups in total. The van der Waals surface area contributed by atoms with Crippen molar-refractivity contribution in [3.05, 3.63) is 15.8 Å². The summed E-state index contributed by atoms with van der Waals surface area (Å²) in [7, 11) is -1.70. The zero-order valence-corrected chi connectivity index (χ0v) is 14.3. The van der Waals surface area contributed by atoms with Crippen molar-refractivity contribution in [1.29, 1.82) is 0 Å². The minimum atomic E-state index is -3.37. The molecule has 1 aliphatic rings. The Morgan fingerprint density at radius 1 is 1.50 bits per heavy atom. The second-order valence-electron chi connectivity index (χ2n) is 5.57. The number of nitrogens with one attached hydrogen (secondary N) is 1. The van der Waals surface area contributed by atoms with Gasteiger partial charge in [-0.1, -0.05) is 6.92 Å². The fourth-order valence-corrected chi connectivity index (χ4v) is 5.04. The Hall–Kier alpha value is -0.430. The molecule has 1 aromatic heterocycles. The van der Waals surface area contributed by atoms with E-state index >= 15 is 0 Å². The van der Waals surface area contributed by atoms with Crippen molar-refractivity contribution in [3.8, 4) is 0 Å². The van der Waals surface area contributed by atoms with Crippen molar-refractivity contribution in [3.63, 3.8) is 0 Å². The van der Waals surface area contributed by atoms with E-state index in [0.717, 1.165) is 22.7 Å². The highest BCUT2D eigenvalue weighted by atomic mass is 32.2. The highest BCUT2D eigenvalue weighted by Crippen LogP contribution is 2.29. The Morgan fingerprint density at radius 2 is 2.15 bits per heavy atom. The van der Waals surface area contributed by atoms with Crippen molar-refractivity contribution < 1.29 is 8.42 Å². The number of hydrogen-bond donors (Lipinski definition) is 1. The summed E-state index contributed by atoms with van der Waals surface area (Å²) in [5, 5.41) is 3.43. The molecule has 0 amide bonds. The van der Waals surface area contributed by atoms with Gasteiger partial charge in [0.25, 0.3) is 0 Å². The molecule has 0 aliphatic heterocycles. The quantitative estimate of drug-likeness (QED) is 0.841. The first kappa shape index (κ1) is 15.9. The summed E-state index contributed by atoms with van der Waals surface area (Å²) < 4.78 is 26.7. The smallest absolute Gasteiger partial charge is 0.244 e. The second kappa shape index (κ2) is 6.13. The Labute approximate surface area is 126 Å². The van der Waals surface area contributed by atoms with Crippen LogP contribution >= 0.6 is 11.3 Å². The number of sulfonamides is 1. The molecule has 0 aromatic carbocycles. The summed E-state index contributed by atoms with van der Waals surface area (Å²) in [6.07, 6.45) is 3.30. The van der Waals surface area contributed by atoms with Crippen LogP contribution in [0.15, 0.2) is 11.0 Å². The number of nitrogens with zero attached hydrogens (tertiary/aromatic N) is 1. The van der Waals surface area contributed by atoms with Crippen molar-refractivity contribution in [2.24, 2.45) is 0 Å². The fraction of sp³-hybridized carbons (Fsp3) is 0.714. The fourth-order valence-electron chi connectivity index (χ4n) is 2.05. The molecule has 1 atom stereocenters. The van der Waals surface area contributed by atoms with Gasteiger partial charge in [0, 0.05) is 35.4 Å². The third-order valence-corrected chi connectivity index (χ3v) is 7.21. The Balaban J connectivity index is 2.17. The maximum absolute atomic E-state index is 12.6. The zero-order chi connectivity index (χ0) is 14.9. The van der Waals surface area contributed by atoms with Crippen molar-refractivity contribution in [2.75, 3.05) is 7.05 Å². The zero-order valence-electron chi connectivity index (χ0n) is 12.6. The molecule has 6 heteroatoms. The lowest BCUT2D eigenvalue weighted by molar-refractivity contribution is 0.380. The van der Waals surface area contributed by atoms with Crippen LogP contribution < -0.4 is 5.32 Å². The van der Waals surface area contributed by atoms with Crippen LogP contribution in [0.2, 0.25) is 0 Å². The average molecular weight is 316 g/mol. The first-order valence-corrected chi connectivity index (χ1v) is 9.42. The van der Waals surface area contributed by atoms with Gasteiger partial charge in [-0.3, -0.25) is 0 Å². The van der Waals surface area contributed by atoms with Gasteiger partial charge in [-0.05, 0) is 39.2 Å². The number of thiophene rings is 1. The molecule has 4 nitrogen and oxygen atoms in total. The third-order valence-electron chi connectivity index (χ3n) is 3.93. The van der Waals surface area contributed by atoms with Crippen LogP contribution in [0.3, 0.4) is 0 Å². The first-order chi connectivity index (χ1) is 9.36. The van der Waals surface area contributed by atoms with Gasteiger partial charge in [-0.15, -0.1) is 11.3 Å². The summed E-state index contributed by atoms with van der Waals surface area (Å²) in [5.74, 6) is 0. The second-order valence-corrected chi connectivity index (χ2v) is 8.87. The number of aryl methyl sites for hydroxylation is 1. The topological polar surface area (TPSA) is 49.4 Å². The predicted molar refractivity (Wildman–Crippen MR) is 83.6 cm³/mol. The molecule has 1 unspecified atom stereocenters. The van der Waals surface area contributed by atoms with Crippen LogP contribution in [0.5, 0.6) is 0 Å². The summed E-state index contributed by atoms with van der Waals surface area (Å²) in [5.41, 5.74) is 0. The molecule has 1 saturated carbocycles. The van der Waals surface area contributed by atoms with Gasteiger partial charge in [0.1, 0.15) is 0 Å². The maximum atomic E-state index is 12.6. The molecule has 1 fully saturated rings. The van der Waals surface area contributed by atoms with E-state index in [1.165, 1.54) is 17.1 Å². The van der Waals surface area contributed by atoms with Crippen molar-refractivity contribution >= 4 is 21.4 Å². The molecule has 0 spiro atoms. The van der Waals surface area contributed by atoms with Crippen molar-refractivity contribution in [1.82, 2.24) is 9.62 Å². The van der Waals surface area contributed by atoms with Gasteiger partial charge in [-0.2, -0.15) is 4.31 Å². The number of rotatable bonds is 7. The number of hydrogen-bond acceptors (Lipinski definition) is 4. The molecule has 0 saturated heterocycles. The van der Waals surface area contributed by atoms with E-state index in [9.17, 15) is 8.42 Å². The van der Waals surface area contributed by atoms with E-state index in [1.807, 2.05) is 26.8 Å². The van der Waals surface area contributed by atoms with E-state index in [-0.39, 0.29) is 6.04 Å². The Morgan fingerprint density at radius 3 is 2.70 bits per heavy atom. The molecule has 0 bridgehead atoms. The Kier molecular flexibility index (Phi) is 4.89. The summed E-state index contributed by atoms with van der Waals surface area (Å²) >= 11 is 1.58. The molecule has 20 heavy (non-hydrogen) atoms. The van der Waals surface area contributed by atoms with Crippen LogP contribution in [0.25, 0.3) is 0 Å². The lowest BCUT2D eigenvalue weighted by atomic mass is 10.3. The van der Waals surface area contributed by atoms with Gasteiger partial charge in [0.2, 0.25) is 10.0 Å². The van der Waals surface area contributed by atoms with Crippen LogP contribution in [-0.4, -0.2) is 31.9 Å². The lowest BCUT2D eigenvalue weighted by Gasteiger charge is -2.22. The van der Waals surface area contributed by atoms with Gasteiger partial charge >= 0.3 is 0 Å². The summed E-state index contributed by atoms with van der Waals surface area (Å²) in [4.78, 5) is 2.45. The summed E-state index contributed by atoms with van der Waals surface area (Å²) in [6, 6.07) is 2.50. The van der Waals surface area contributed by atoms with Crippen LogP contribution in [0.4, 0.5) is 0 Å². The monoisotopic (exact) mass is 316 g/mol. The predicted octanol–water partition coefficient (Wildman–Crippen LogP) is 2.73.